The van der Waals surface area contributed by atoms with Crippen LogP contribution in [0.15, 0.2) is 30.5 Å². The van der Waals surface area contributed by atoms with Crippen LogP contribution in [0, 0.1) is 0 Å². The van der Waals surface area contributed by atoms with E-state index < -0.39 is 6.10 Å². The van der Waals surface area contributed by atoms with Gasteiger partial charge in [0, 0.05) is 24.7 Å². The second-order valence-corrected chi connectivity index (χ2v) is 6.02. The largest absolute Gasteiger partial charge is 0.489 e. The number of nitrogens with zero attached hydrogens (tertiary/aromatic N) is 1. The van der Waals surface area contributed by atoms with Crippen LogP contribution in [-0.2, 0) is 12.8 Å². The summed E-state index contributed by atoms with van der Waals surface area (Å²) in [6, 6.07) is 7.63. The molecule has 1 aromatic carbocycles. The highest BCUT2D eigenvalue weighted by molar-refractivity contribution is 6.32. The van der Waals surface area contributed by atoms with Crippen molar-refractivity contribution < 1.29 is 9.84 Å². The maximum atomic E-state index is 10.0. The molecule has 0 bridgehead atoms. The first-order chi connectivity index (χ1) is 10.7. The van der Waals surface area contributed by atoms with E-state index in [2.05, 4.69) is 15.5 Å². The number of para-hydroxylation sites is 1. The third-order valence-corrected chi connectivity index (χ3v) is 4.24. The van der Waals surface area contributed by atoms with Gasteiger partial charge in [-0.3, -0.25) is 5.10 Å². The summed E-state index contributed by atoms with van der Waals surface area (Å²) in [6.07, 6.45) is 4.34. The molecule has 0 amide bonds. The molecule has 6 heteroatoms. The molecular weight excluding hydrogens is 302 g/mol. The van der Waals surface area contributed by atoms with Crippen LogP contribution in [0.1, 0.15) is 17.7 Å². The molecule has 0 saturated carbocycles. The first kappa shape index (κ1) is 15.3. The van der Waals surface area contributed by atoms with Crippen molar-refractivity contribution in [2.45, 2.75) is 31.4 Å². The van der Waals surface area contributed by atoms with Crippen molar-refractivity contribution in [1.82, 2.24) is 15.5 Å². The van der Waals surface area contributed by atoms with E-state index in [0.717, 1.165) is 19.3 Å². The van der Waals surface area contributed by atoms with Gasteiger partial charge in [0.1, 0.15) is 18.5 Å². The van der Waals surface area contributed by atoms with Crippen LogP contribution in [0.2, 0.25) is 5.02 Å². The summed E-state index contributed by atoms with van der Waals surface area (Å²) >= 11 is 6.01. The van der Waals surface area contributed by atoms with Gasteiger partial charge in [-0.15, -0.1) is 0 Å². The van der Waals surface area contributed by atoms with Crippen LogP contribution in [-0.4, -0.2) is 40.6 Å². The Bertz CT molecular complexity index is 617. The van der Waals surface area contributed by atoms with E-state index in [1.807, 2.05) is 18.3 Å². The molecule has 22 heavy (non-hydrogen) atoms. The van der Waals surface area contributed by atoms with E-state index in [1.165, 1.54) is 11.3 Å². The van der Waals surface area contributed by atoms with Crippen molar-refractivity contribution in [2.75, 3.05) is 13.2 Å². The first-order valence-corrected chi connectivity index (χ1v) is 7.90. The van der Waals surface area contributed by atoms with E-state index >= 15 is 0 Å². The van der Waals surface area contributed by atoms with Crippen molar-refractivity contribution in [1.29, 1.82) is 0 Å². The number of aliphatic hydroxyl groups excluding tert-OH is 1. The number of aromatic amines is 1. The number of aliphatic hydroxyl groups is 1. The summed E-state index contributed by atoms with van der Waals surface area (Å²) in [4.78, 5) is 0. The highest BCUT2D eigenvalue weighted by Crippen LogP contribution is 2.23. The molecule has 2 aromatic rings. The lowest BCUT2D eigenvalue weighted by molar-refractivity contribution is 0.103. The maximum Gasteiger partial charge on any atom is 0.138 e. The normalized spacial score (nSPS) is 18.7. The van der Waals surface area contributed by atoms with Gasteiger partial charge >= 0.3 is 0 Å². The lowest BCUT2D eigenvalue weighted by atomic mass is 9.94. The van der Waals surface area contributed by atoms with Gasteiger partial charge in [-0.2, -0.15) is 5.10 Å². The zero-order valence-corrected chi connectivity index (χ0v) is 13.0. The number of ether oxygens (including phenoxy) is 1. The molecule has 5 nitrogen and oxygen atoms in total. The second-order valence-electron chi connectivity index (χ2n) is 5.62. The zero-order valence-electron chi connectivity index (χ0n) is 12.3. The molecule has 1 aliphatic rings. The van der Waals surface area contributed by atoms with Gasteiger partial charge in [0.2, 0.25) is 0 Å². The van der Waals surface area contributed by atoms with E-state index in [0.29, 0.717) is 23.4 Å². The molecule has 118 valence electrons. The van der Waals surface area contributed by atoms with Gasteiger partial charge < -0.3 is 15.2 Å². The van der Waals surface area contributed by atoms with Crippen molar-refractivity contribution in [2.24, 2.45) is 0 Å². The number of hydrogen-bond donors (Lipinski definition) is 3. The van der Waals surface area contributed by atoms with Crippen LogP contribution in [0.5, 0.6) is 5.75 Å². The van der Waals surface area contributed by atoms with Gasteiger partial charge in [0.25, 0.3) is 0 Å². The molecule has 0 spiro atoms. The summed E-state index contributed by atoms with van der Waals surface area (Å²) in [5.41, 5.74) is 2.51. The van der Waals surface area contributed by atoms with Crippen molar-refractivity contribution in [3.63, 3.8) is 0 Å². The minimum Gasteiger partial charge on any atom is -0.489 e. The molecule has 3 N–H and O–H groups in total. The molecule has 0 radical (unpaired) electrons. The molecule has 0 fully saturated rings. The van der Waals surface area contributed by atoms with E-state index in [1.54, 1.807) is 12.1 Å². The molecule has 2 atom stereocenters. The summed E-state index contributed by atoms with van der Waals surface area (Å²) in [5.74, 6) is 0.600. The number of halogens is 1. The number of aryl methyl sites for hydroxylation is 1. The van der Waals surface area contributed by atoms with Crippen LogP contribution >= 0.6 is 11.6 Å². The van der Waals surface area contributed by atoms with Crippen molar-refractivity contribution >= 4 is 11.6 Å². The minimum atomic E-state index is -0.570. The van der Waals surface area contributed by atoms with E-state index in [4.69, 9.17) is 16.3 Å². The lowest BCUT2D eigenvalue weighted by Gasteiger charge is -2.24. The van der Waals surface area contributed by atoms with Gasteiger partial charge in [-0.05, 0) is 30.5 Å². The average molecular weight is 322 g/mol. The Morgan fingerprint density at radius 2 is 2.32 bits per heavy atom. The Morgan fingerprint density at radius 3 is 3.18 bits per heavy atom. The van der Waals surface area contributed by atoms with Crippen LogP contribution < -0.4 is 10.1 Å². The summed E-state index contributed by atoms with van der Waals surface area (Å²) in [6.45, 7) is 0.720. The van der Waals surface area contributed by atoms with Crippen LogP contribution in [0.4, 0.5) is 0 Å². The molecule has 1 heterocycles. The van der Waals surface area contributed by atoms with Crippen molar-refractivity contribution in [3.05, 3.63) is 46.7 Å². The molecule has 2 unspecified atom stereocenters. The number of rotatable bonds is 6. The number of aromatic nitrogens is 2. The molecular formula is C16H20ClN3O2. The molecule has 3 rings (SSSR count). The Hall–Kier alpha value is -1.56. The maximum absolute atomic E-state index is 10.0. The number of hydrogen-bond acceptors (Lipinski definition) is 4. The smallest absolute Gasteiger partial charge is 0.138 e. The standard InChI is InChI=1S/C16H20ClN3O2/c17-14-3-1-2-4-16(14)22-10-13(21)9-18-12-6-5-11-8-19-20-15(11)7-12/h1-4,8,12-13,18,21H,5-7,9-10H2,(H,19,20). The Balaban J connectivity index is 1.41. The summed E-state index contributed by atoms with van der Waals surface area (Å²) in [7, 11) is 0. The van der Waals surface area contributed by atoms with Gasteiger partial charge in [-0.25, -0.2) is 0 Å². The predicted molar refractivity (Wildman–Crippen MR) is 85.4 cm³/mol. The SMILES string of the molecule is OC(CNC1CCc2cn[nH]c2C1)COc1ccccc1Cl. The van der Waals surface area contributed by atoms with Crippen LogP contribution in [0.25, 0.3) is 0 Å². The quantitative estimate of drug-likeness (QED) is 0.760. The fourth-order valence-electron chi connectivity index (χ4n) is 2.69. The number of nitrogens with one attached hydrogen (secondary N) is 2. The minimum absolute atomic E-state index is 0.221. The Labute approximate surface area is 134 Å². The lowest BCUT2D eigenvalue weighted by Crippen LogP contribution is -2.40. The topological polar surface area (TPSA) is 70.2 Å². The number of benzene rings is 1. The van der Waals surface area contributed by atoms with E-state index in [-0.39, 0.29) is 6.61 Å². The van der Waals surface area contributed by atoms with Crippen LogP contribution in [0.3, 0.4) is 0 Å². The Morgan fingerprint density at radius 1 is 1.45 bits per heavy atom. The third-order valence-electron chi connectivity index (χ3n) is 3.93. The Kier molecular flexibility index (Phi) is 4.97. The molecule has 1 aromatic heterocycles. The van der Waals surface area contributed by atoms with Crippen molar-refractivity contribution in [3.8, 4) is 5.75 Å². The van der Waals surface area contributed by atoms with Gasteiger partial charge in [0.05, 0.1) is 11.2 Å². The average Bonchev–Trinajstić information content (AvgIpc) is 2.99. The number of fused-ring (bicyclic) bond motifs is 1. The predicted octanol–water partition coefficient (Wildman–Crippen LogP) is 1.95. The molecule has 1 aliphatic carbocycles. The van der Waals surface area contributed by atoms with Gasteiger partial charge in [-0.1, -0.05) is 23.7 Å². The fourth-order valence-corrected chi connectivity index (χ4v) is 2.88. The second kappa shape index (κ2) is 7.13. The fraction of sp³-hybridized carbons (Fsp3) is 0.438. The monoisotopic (exact) mass is 321 g/mol. The summed E-state index contributed by atoms with van der Waals surface area (Å²) < 4.78 is 5.54. The van der Waals surface area contributed by atoms with Gasteiger partial charge in [0.15, 0.2) is 0 Å². The zero-order chi connectivity index (χ0) is 15.4. The highest BCUT2D eigenvalue weighted by Gasteiger charge is 2.20. The highest BCUT2D eigenvalue weighted by atomic mass is 35.5. The van der Waals surface area contributed by atoms with E-state index in [9.17, 15) is 5.11 Å². The first-order valence-electron chi connectivity index (χ1n) is 7.52. The molecule has 0 aliphatic heterocycles. The third kappa shape index (κ3) is 3.80. The molecule has 0 saturated heterocycles. The number of H-pyrrole nitrogens is 1. The summed E-state index contributed by atoms with van der Waals surface area (Å²) in [5, 5.41) is 21.1.